The van der Waals surface area contributed by atoms with E-state index in [2.05, 4.69) is 43.3 Å². The first-order valence-corrected chi connectivity index (χ1v) is 5.86. The largest absolute Gasteiger partial charge is 0.241 e. The molecule has 0 spiro atoms. The summed E-state index contributed by atoms with van der Waals surface area (Å²) in [6.07, 6.45) is 2.07. The molecule has 0 fully saturated rings. The summed E-state index contributed by atoms with van der Waals surface area (Å²) < 4.78 is 0. The second kappa shape index (κ2) is 3.62. The van der Waals surface area contributed by atoms with Gasteiger partial charge in [0.05, 0.1) is 10.5 Å². The first-order chi connectivity index (χ1) is 6.74. The number of hydrogen-bond acceptors (Lipinski definition) is 2. The Bertz CT molecular complexity index is 477. The van der Waals surface area contributed by atoms with Crippen LogP contribution in [0.15, 0.2) is 29.3 Å². The molecule has 2 rings (SSSR count). The molecule has 1 heterocycles. The van der Waals surface area contributed by atoms with Crippen molar-refractivity contribution in [2.75, 3.05) is 6.26 Å². The summed E-state index contributed by atoms with van der Waals surface area (Å²) in [4.78, 5) is 4.62. The predicted octanol–water partition coefficient (Wildman–Crippen LogP) is 3.57. The number of nitrogens with zero attached hydrogens (tertiary/aromatic N) is 1. The van der Waals surface area contributed by atoms with Crippen LogP contribution in [0.3, 0.4) is 0 Å². The molecule has 0 aliphatic rings. The number of aromatic nitrogens is 1. The third-order valence-corrected chi connectivity index (χ3v) is 3.39. The molecule has 0 amide bonds. The van der Waals surface area contributed by atoms with Crippen LogP contribution in [-0.2, 0) is 0 Å². The van der Waals surface area contributed by atoms with E-state index in [-0.39, 0.29) is 0 Å². The van der Waals surface area contributed by atoms with Crippen molar-refractivity contribution in [2.45, 2.75) is 18.9 Å². The number of thioether (sulfide) groups is 1. The lowest BCUT2D eigenvalue weighted by atomic mass is 10.1. The van der Waals surface area contributed by atoms with Crippen LogP contribution in [0.5, 0.6) is 0 Å². The van der Waals surface area contributed by atoms with Gasteiger partial charge in [0.15, 0.2) is 0 Å². The molecule has 1 aromatic carbocycles. The average Bonchev–Trinajstić information content (AvgIpc) is 2.23. The Morgan fingerprint density at radius 3 is 2.50 bits per heavy atom. The Morgan fingerprint density at radius 1 is 1.07 bits per heavy atom. The van der Waals surface area contributed by atoms with Gasteiger partial charge in [0.2, 0.25) is 0 Å². The van der Waals surface area contributed by atoms with Gasteiger partial charge in [-0.3, -0.25) is 0 Å². The zero-order valence-corrected chi connectivity index (χ0v) is 9.48. The van der Waals surface area contributed by atoms with Crippen LogP contribution in [0.25, 0.3) is 10.9 Å². The Kier molecular flexibility index (Phi) is 2.46. The fourth-order valence-corrected chi connectivity index (χ4v) is 2.29. The topological polar surface area (TPSA) is 12.9 Å². The number of benzene rings is 1. The molecule has 0 radical (unpaired) electrons. The lowest BCUT2D eigenvalue weighted by Gasteiger charge is -2.08. The molecule has 0 saturated heterocycles. The predicted molar refractivity (Wildman–Crippen MR) is 63.0 cm³/mol. The second-order valence-corrected chi connectivity index (χ2v) is 4.18. The van der Waals surface area contributed by atoms with E-state index in [0.29, 0.717) is 0 Å². The third kappa shape index (κ3) is 1.40. The first kappa shape index (κ1) is 9.53. The van der Waals surface area contributed by atoms with Crippen LogP contribution < -0.4 is 0 Å². The van der Waals surface area contributed by atoms with E-state index in [9.17, 15) is 0 Å². The van der Waals surface area contributed by atoms with Crippen molar-refractivity contribution in [3.8, 4) is 0 Å². The molecule has 14 heavy (non-hydrogen) atoms. The van der Waals surface area contributed by atoms with Gasteiger partial charge in [0, 0.05) is 5.39 Å². The van der Waals surface area contributed by atoms with Crippen LogP contribution >= 0.6 is 11.8 Å². The summed E-state index contributed by atoms with van der Waals surface area (Å²) in [7, 11) is 0. The van der Waals surface area contributed by atoms with Gasteiger partial charge in [0.25, 0.3) is 0 Å². The molecular formula is C12H13NS. The number of fused-ring (bicyclic) bond motifs is 1. The monoisotopic (exact) mass is 203 g/mol. The molecule has 1 nitrogen and oxygen atoms in total. The lowest BCUT2D eigenvalue weighted by molar-refractivity contribution is 1.10. The molecule has 2 heteroatoms. The molecule has 0 saturated carbocycles. The highest BCUT2D eigenvalue weighted by atomic mass is 32.2. The Morgan fingerprint density at radius 2 is 1.79 bits per heavy atom. The van der Waals surface area contributed by atoms with Crippen molar-refractivity contribution in [3.63, 3.8) is 0 Å². The lowest BCUT2D eigenvalue weighted by Crippen LogP contribution is -1.91. The molecule has 0 atom stereocenters. The molecule has 0 N–H and O–H groups in total. The standard InChI is InChI=1S/C12H13NS/c1-8-9(2)12(14-3)13-11-7-5-4-6-10(8)11/h4-7H,1-3H3. The maximum Gasteiger partial charge on any atom is 0.0996 e. The molecule has 0 bridgehead atoms. The smallest absolute Gasteiger partial charge is 0.0996 e. The van der Waals surface area contributed by atoms with Crippen LogP contribution in [0.2, 0.25) is 0 Å². The summed E-state index contributed by atoms with van der Waals surface area (Å²) in [6.45, 7) is 4.31. The van der Waals surface area contributed by atoms with E-state index in [1.54, 1.807) is 11.8 Å². The SMILES string of the molecule is CSc1nc2ccccc2c(C)c1C. The molecule has 0 unspecified atom stereocenters. The van der Waals surface area contributed by atoms with Crippen molar-refractivity contribution < 1.29 is 0 Å². The van der Waals surface area contributed by atoms with Gasteiger partial charge >= 0.3 is 0 Å². The van der Waals surface area contributed by atoms with Gasteiger partial charge in [-0.05, 0) is 37.3 Å². The highest BCUT2D eigenvalue weighted by Gasteiger charge is 2.06. The fraction of sp³-hybridized carbons (Fsp3) is 0.250. The van der Waals surface area contributed by atoms with Crippen molar-refractivity contribution in [1.29, 1.82) is 0 Å². The van der Waals surface area contributed by atoms with Gasteiger partial charge in [0.1, 0.15) is 0 Å². The zero-order chi connectivity index (χ0) is 10.1. The number of pyridine rings is 1. The van der Waals surface area contributed by atoms with Crippen molar-refractivity contribution in [2.24, 2.45) is 0 Å². The Hall–Kier alpha value is -1.02. The van der Waals surface area contributed by atoms with Crippen LogP contribution in [-0.4, -0.2) is 11.2 Å². The van der Waals surface area contributed by atoms with E-state index < -0.39 is 0 Å². The maximum atomic E-state index is 4.62. The summed E-state index contributed by atoms with van der Waals surface area (Å²) in [5, 5.41) is 2.41. The molecular weight excluding hydrogens is 190 g/mol. The average molecular weight is 203 g/mol. The summed E-state index contributed by atoms with van der Waals surface area (Å²) in [5.41, 5.74) is 3.75. The highest BCUT2D eigenvalue weighted by molar-refractivity contribution is 7.98. The zero-order valence-electron chi connectivity index (χ0n) is 8.66. The number of hydrogen-bond donors (Lipinski definition) is 0. The normalized spacial score (nSPS) is 10.8. The van der Waals surface area contributed by atoms with Gasteiger partial charge in [-0.15, -0.1) is 11.8 Å². The Balaban J connectivity index is 2.85. The van der Waals surface area contributed by atoms with Crippen LogP contribution in [0.4, 0.5) is 0 Å². The van der Waals surface area contributed by atoms with Gasteiger partial charge in [-0.1, -0.05) is 18.2 Å². The van der Waals surface area contributed by atoms with E-state index >= 15 is 0 Å². The molecule has 72 valence electrons. The Labute approximate surface area is 88.6 Å². The summed E-state index contributed by atoms with van der Waals surface area (Å²) >= 11 is 1.71. The van der Waals surface area contributed by atoms with Crippen molar-refractivity contribution >= 4 is 22.7 Å². The van der Waals surface area contributed by atoms with E-state index in [0.717, 1.165) is 10.5 Å². The summed E-state index contributed by atoms with van der Waals surface area (Å²) in [6, 6.07) is 8.31. The number of para-hydroxylation sites is 1. The van der Waals surface area contributed by atoms with Gasteiger partial charge < -0.3 is 0 Å². The van der Waals surface area contributed by atoms with Crippen LogP contribution in [0, 0.1) is 13.8 Å². The van der Waals surface area contributed by atoms with E-state index in [4.69, 9.17) is 0 Å². The molecule has 2 aromatic rings. The number of rotatable bonds is 1. The molecule has 1 aromatic heterocycles. The fourth-order valence-electron chi connectivity index (χ4n) is 1.64. The summed E-state index contributed by atoms with van der Waals surface area (Å²) in [5.74, 6) is 0. The van der Waals surface area contributed by atoms with Gasteiger partial charge in [-0.25, -0.2) is 4.98 Å². The quantitative estimate of drug-likeness (QED) is 0.657. The van der Waals surface area contributed by atoms with E-state index in [1.807, 2.05) is 6.07 Å². The highest BCUT2D eigenvalue weighted by Crippen LogP contribution is 2.26. The number of aryl methyl sites for hydroxylation is 1. The van der Waals surface area contributed by atoms with Crippen molar-refractivity contribution in [1.82, 2.24) is 4.98 Å². The third-order valence-electron chi connectivity index (χ3n) is 2.61. The minimum atomic E-state index is 1.10. The van der Waals surface area contributed by atoms with Crippen LogP contribution in [0.1, 0.15) is 11.1 Å². The molecule has 0 aliphatic carbocycles. The van der Waals surface area contributed by atoms with E-state index in [1.165, 1.54) is 16.5 Å². The second-order valence-electron chi connectivity index (χ2n) is 3.39. The van der Waals surface area contributed by atoms with Crippen molar-refractivity contribution in [3.05, 3.63) is 35.4 Å². The maximum absolute atomic E-state index is 4.62. The minimum absolute atomic E-state index is 1.10. The minimum Gasteiger partial charge on any atom is -0.241 e. The molecule has 0 aliphatic heterocycles. The first-order valence-electron chi connectivity index (χ1n) is 4.64. The van der Waals surface area contributed by atoms with Gasteiger partial charge in [-0.2, -0.15) is 0 Å².